The van der Waals surface area contributed by atoms with Crippen molar-refractivity contribution in [3.8, 4) is 0 Å². The van der Waals surface area contributed by atoms with E-state index >= 15 is 0 Å². The van der Waals surface area contributed by atoms with Crippen LogP contribution < -0.4 is 5.32 Å². The molecule has 0 atom stereocenters. The van der Waals surface area contributed by atoms with Gasteiger partial charge in [0.2, 0.25) is 0 Å². The van der Waals surface area contributed by atoms with Crippen molar-refractivity contribution in [2.45, 2.75) is 19.9 Å². The van der Waals surface area contributed by atoms with E-state index in [9.17, 15) is 4.79 Å². The quantitative estimate of drug-likeness (QED) is 0.781. The van der Waals surface area contributed by atoms with Gasteiger partial charge in [0.1, 0.15) is 10.8 Å². The van der Waals surface area contributed by atoms with Crippen LogP contribution in [-0.2, 0) is 0 Å². The first-order chi connectivity index (χ1) is 6.09. The molecule has 1 N–H and O–H groups in total. The maximum atomic E-state index is 11.3. The van der Waals surface area contributed by atoms with Crippen LogP contribution >= 0.6 is 11.6 Å². The van der Waals surface area contributed by atoms with Crippen molar-refractivity contribution in [2.24, 2.45) is 0 Å². The molecule has 1 rings (SSSR count). The number of halogens is 1. The van der Waals surface area contributed by atoms with E-state index in [2.05, 4.69) is 15.3 Å². The number of hydrogen-bond acceptors (Lipinski definition) is 3. The second-order valence-corrected chi connectivity index (χ2v) is 3.24. The first-order valence-electron chi connectivity index (χ1n) is 3.88. The smallest absolute Gasteiger partial charge is 0.271 e. The van der Waals surface area contributed by atoms with Crippen LogP contribution in [0.5, 0.6) is 0 Å². The number of carbonyl (C=O) groups excluding carboxylic acids is 1. The number of nitrogens with zero attached hydrogens (tertiary/aromatic N) is 2. The summed E-state index contributed by atoms with van der Waals surface area (Å²) >= 11 is 5.57. The van der Waals surface area contributed by atoms with Gasteiger partial charge in [0.15, 0.2) is 0 Å². The minimum atomic E-state index is -0.259. The van der Waals surface area contributed by atoms with Crippen LogP contribution in [0.2, 0.25) is 5.15 Å². The van der Waals surface area contributed by atoms with Crippen LogP contribution in [-0.4, -0.2) is 21.9 Å². The lowest BCUT2D eigenvalue weighted by Gasteiger charge is -2.06. The number of rotatable bonds is 2. The Morgan fingerprint density at radius 2 is 2.23 bits per heavy atom. The largest absolute Gasteiger partial charge is 0.348 e. The summed E-state index contributed by atoms with van der Waals surface area (Å²) < 4.78 is 0. The summed E-state index contributed by atoms with van der Waals surface area (Å²) in [6.07, 6.45) is 2.76. The Kier molecular flexibility index (Phi) is 3.19. The van der Waals surface area contributed by atoms with Crippen molar-refractivity contribution < 1.29 is 4.79 Å². The molecule has 0 unspecified atom stereocenters. The third-order valence-corrected chi connectivity index (χ3v) is 1.44. The van der Waals surface area contributed by atoms with Crippen LogP contribution in [0.3, 0.4) is 0 Å². The van der Waals surface area contributed by atoms with E-state index in [1.807, 2.05) is 13.8 Å². The van der Waals surface area contributed by atoms with Crippen LogP contribution in [0, 0.1) is 0 Å². The predicted molar refractivity (Wildman–Crippen MR) is 49.6 cm³/mol. The summed E-state index contributed by atoms with van der Waals surface area (Å²) in [5.41, 5.74) is 0.237. The third-order valence-electron chi connectivity index (χ3n) is 1.26. The number of amides is 1. The number of aromatic nitrogens is 2. The summed E-state index contributed by atoms with van der Waals surface area (Å²) in [5, 5.41) is 2.91. The average Bonchev–Trinajstić information content (AvgIpc) is 2.03. The summed E-state index contributed by atoms with van der Waals surface area (Å²) in [4.78, 5) is 18.9. The Bertz CT molecular complexity index is 314. The van der Waals surface area contributed by atoms with Gasteiger partial charge in [-0.15, -0.1) is 0 Å². The van der Waals surface area contributed by atoms with Gasteiger partial charge in [-0.3, -0.25) is 9.78 Å². The van der Waals surface area contributed by atoms with Crippen molar-refractivity contribution in [3.05, 3.63) is 23.2 Å². The van der Waals surface area contributed by atoms with Gasteiger partial charge in [0.05, 0.1) is 12.4 Å². The molecule has 0 aliphatic carbocycles. The highest BCUT2D eigenvalue weighted by atomic mass is 35.5. The second kappa shape index (κ2) is 4.18. The molecular weight excluding hydrogens is 190 g/mol. The molecule has 0 aliphatic heterocycles. The van der Waals surface area contributed by atoms with Gasteiger partial charge in [-0.25, -0.2) is 4.98 Å². The minimum Gasteiger partial charge on any atom is -0.348 e. The molecular formula is C8H10ClN3O. The summed E-state index contributed by atoms with van der Waals surface area (Å²) in [6.45, 7) is 3.74. The molecule has 70 valence electrons. The Balaban J connectivity index is 2.77. The van der Waals surface area contributed by atoms with E-state index in [0.29, 0.717) is 0 Å². The fourth-order valence-corrected chi connectivity index (χ4v) is 0.935. The highest BCUT2D eigenvalue weighted by Crippen LogP contribution is 2.02. The Hall–Kier alpha value is -1.16. The van der Waals surface area contributed by atoms with Gasteiger partial charge in [0, 0.05) is 6.04 Å². The van der Waals surface area contributed by atoms with Gasteiger partial charge in [-0.2, -0.15) is 0 Å². The maximum absolute atomic E-state index is 11.3. The number of carbonyl (C=O) groups is 1. The molecule has 1 aromatic heterocycles. The van der Waals surface area contributed by atoms with Gasteiger partial charge in [0.25, 0.3) is 5.91 Å². The minimum absolute atomic E-state index is 0.0771. The van der Waals surface area contributed by atoms with E-state index in [-0.39, 0.29) is 22.8 Å². The summed E-state index contributed by atoms with van der Waals surface area (Å²) in [5.74, 6) is -0.259. The molecule has 0 aliphatic rings. The molecule has 0 aromatic carbocycles. The molecule has 0 saturated heterocycles. The Labute approximate surface area is 81.3 Å². The SMILES string of the molecule is CC(C)NC(=O)c1cncc(Cl)n1. The average molecular weight is 200 g/mol. The lowest BCUT2D eigenvalue weighted by atomic mass is 10.3. The summed E-state index contributed by atoms with van der Waals surface area (Å²) in [6, 6.07) is 0.0771. The molecule has 1 aromatic rings. The lowest BCUT2D eigenvalue weighted by molar-refractivity contribution is 0.0937. The van der Waals surface area contributed by atoms with Gasteiger partial charge in [-0.1, -0.05) is 11.6 Å². The predicted octanol–water partition coefficient (Wildman–Crippen LogP) is 1.27. The molecule has 1 heterocycles. The molecule has 13 heavy (non-hydrogen) atoms. The molecule has 0 spiro atoms. The van der Waals surface area contributed by atoms with Gasteiger partial charge >= 0.3 is 0 Å². The van der Waals surface area contributed by atoms with Crippen LogP contribution in [0.4, 0.5) is 0 Å². The molecule has 0 saturated carbocycles. The molecule has 5 heteroatoms. The first kappa shape index (κ1) is 9.92. The maximum Gasteiger partial charge on any atom is 0.271 e. The zero-order chi connectivity index (χ0) is 9.84. The zero-order valence-electron chi connectivity index (χ0n) is 7.41. The van der Waals surface area contributed by atoms with Crippen LogP contribution in [0.25, 0.3) is 0 Å². The van der Waals surface area contributed by atoms with Crippen molar-refractivity contribution in [3.63, 3.8) is 0 Å². The normalized spacial score (nSPS) is 10.2. The zero-order valence-corrected chi connectivity index (χ0v) is 8.17. The van der Waals surface area contributed by atoms with Crippen LogP contribution in [0.1, 0.15) is 24.3 Å². The first-order valence-corrected chi connectivity index (χ1v) is 4.26. The highest BCUT2D eigenvalue weighted by molar-refractivity contribution is 6.29. The monoisotopic (exact) mass is 199 g/mol. The molecule has 0 radical (unpaired) electrons. The van der Waals surface area contributed by atoms with E-state index in [0.717, 1.165) is 0 Å². The fraction of sp³-hybridized carbons (Fsp3) is 0.375. The lowest BCUT2D eigenvalue weighted by Crippen LogP contribution is -2.30. The van der Waals surface area contributed by atoms with Crippen molar-refractivity contribution in [1.29, 1.82) is 0 Å². The standard InChI is InChI=1S/C8H10ClN3O/c1-5(2)11-8(13)6-3-10-4-7(9)12-6/h3-5H,1-2H3,(H,11,13). The van der Waals surface area contributed by atoms with Crippen molar-refractivity contribution >= 4 is 17.5 Å². The summed E-state index contributed by atoms with van der Waals surface area (Å²) in [7, 11) is 0. The van der Waals surface area contributed by atoms with E-state index in [4.69, 9.17) is 11.6 Å². The van der Waals surface area contributed by atoms with Crippen LogP contribution in [0.15, 0.2) is 12.4 Å². The van der Waals surface area contributed by atoms with Gasteiger partial charge in [-0.05, 0) is 13.8 Å². The fourth-order valence-electron chi connectivity index (χ4n) is 0.788. The number of nitrogens with one attached hydrogen (secondary N) is 1. The van der Waals surface area contributed by atoms with Crippen molar-refractivity contribution in [1.82, 2.24) is 15.3 Å². The molecule has 4 nitrogen and oxygen atoms in total. The Morgan fingerprint density at radius 1 is 1.54 bits per heavy atom. The topological polar surface area (TPSA) is 54.9 Å². The van der Waals surface area contributed by atoms with E-state index in [1.165, 1.54) is 12.4 Å². The van der Waals surface area contributed by atoms with E-state index < -0.39 is 0 Å². The van der Waals surface area contributed by atoms with Crippen molar-refractivity contribution in [2.75, 3.05) is 0 Å². The third kappa shape index (κ3) is 2.99. The van der Waals surface area contributed by atoms with E-state index in [1.54, 1.807) is 0 Å². The molecule has 1 amide bonds. The molecule has 0 fully saturated rings. The molecule has 0 bridgehead atoms. The second-order valence-electron chi connectivity index (χ2n) is 2.86. The van der Waals surface area contributed by atoms with Gasteiger partial charge < -0.3 is 5.32 Å². The Morgan fingerprint density at radius 3 is 2.77 bits per heavy atom. The highest BCUT2D eigenvalue weighted by Gasteiger charge is 2.08. The number of hydrogen-bond donors (Lipinski definition) is 1.